The zero-order valence-electron chi connectivity index (χ0n) is 13.9. The first-order chi connectivity index (χ1) is 12.6. The van der Waals surface area contributed by atoms with Crippen LogP contribution in [-0.4, -0.2) is 34.9 Å². The molecule has 1 fully saturated rings. The number of fused-ring (bicyclic) bond motifs is 1. The van der Waals surface area contributed by atoms with Crippen LogP contribution in [0.4, 0.5) is 5.13 Å². The molecular formula is C19H16ClN3O2S. The summed E-state index contributed by atoms with van der Waals surface area (Å²) in [6, 6.07) is 14.5. The van der Waals surface area contributed by atoms with Gasteiger partial charge in [0.15, 0.2) is 5.13 Å². The van der Waals surface area contributed by atoms with Crippen molar-refractivity contribution in [2.75, 3.05) is 18.1 Å². The number of nitrogens with zero attached hydrogens (tertiary/aromatic N) is 3. The molecule has 0 spiro atoms. The van der Waals surface area contributed by atoms with Gasteiger partial charge in [-0.25, -0.2) is 4.98 Å². The number of hydrogen-bond donors (Lipinski definition) is 0. The molecule has 7 heteroatoms. The number of rotatable bonds is 4. The van der Waals surface area contributed by atoms with E-state index in [1.165, 1.54) is 11.3 Å². The van der Waals surface area contributed by atoms with E-state index in [1.54, 1.807) is 34.1 Å². The fourth-order valence-corrected chi connectivity index (χ4v) is 4.04. The van der Waals surface area contributed by atoms with Crippen molar-refractivity contribution in [2.24, 2.45) is 0 Å². The van der Waals surface area contributed by atoms with Gasteiger partial charge in [0.1, 0.15) is 6.67 Å². The highest BCUT2D eigenvalue weighted by Crippen LogP contribution is 2.30. The van der Waals surface area contributed by atoms with E-state index in [2.05, 4.69) is 4.98 Å². The molecule has 0 unspecified atom stereocenters. The number of halogens is 1. The van der Waals surface area contributed by atoms with Crippen LogP contribution < -0.4 is 4.90 Å². The van der Waals surface area contributed by atoms with E-state index in [1.807, 2.05) is 24.3 Å². The summed E-state index contributed by atoms with van der Waals surface area (Å²) < 4.78 is 1.00. The molecule has 1 saturated heterocycles. The average Bonchev–Trinajstić information content (AvgIpc) is 3.25. The monoisotopic (exact) mass is 385 g/mol. The summed E-state index contributed by atoms with van der Waals surface area (Å²) in [5, 5.41) is 1.16. The lowest BCUT2D eigenvalue weighted by molar-refractivity contribution is -0.127. The van der Waals surface area contributed by atoms with Gasteiger partial charge in [0.2, 0.25) is 5.91 Å². The van der Waals surface area contributed by atoms with Crippen LogP contribution in [0.5, 0.6) is 0 Å². The smallest absolute Gasteiger partial charge is 0.261 e. The molecule has 1 aliphatic rings. The molecule has 132 valence electrons. The Bertz CT molecular complexity index is 937. The highest BCUT2D eigenvalue weighted by Gasteiger charge is 2.28. The second-order valence-corrected chi connectivity index (χ2v) is 7.55. The molecule has 0 saturated carbocycles. The lowest BCUT2D eigenvalue weighted by atomic mass is 10.2. The van der Waals surface area contributed by atoms with Crippen LogP contribution in [-0.2, 0) is 4.79 Å². The third kappa shape index (κ3) is 3.30. The van der Waals surface area contributed by atoms with Crippen molar-refractivity contribution < 1.29 is 9.59 Å². The van der Waals surface area contributed by atoms with E-state index in [-0.39, 0.29) is 18.5 Å². The summed E-state index contributed by atoms with van der Waals surface area (Å²) in [5.74, 6) is -0.125. The van der Waals surface area contributed by atoms with Crippen LogP contribution in [0.2, 0.25) is 5.02 Å². The highest BCUT2D eigenvalue weighted by atomic mass is 35.5. The van der Waals surface area contributed by atoms with Gasteiger partial charge in [-0.05, 0) is 42.8 Å². The summed E-state index contributed by atoms with van der Waals surface area (Å²) in [6.45, 7) is 0.869. The van der Waals surface area contributed by atoms with Crippen molar-refractivity contribution in [3.63, 3.8) is 0 Å². The molecule has 4 rings (SSSR count). The van der Waals surface area contributed by atoms with Crippen LogP contribution >= 0.6 is 22.9 Å². The fourth-order valence-electron chi connectivity index (χ4n) is 2.96. The Labute approximate surface area is 159 Å². The molecule has 0 N–H and O–H groups in total. The first-order valence-corrected chi connectivity index (χ1v) is 9.52. The number of likely N-dealkylation sites (tertiary alicyclic amines) is 1. The predicted molar refractivity (Wildman–Crippen MR) is 104 cm³/mol. The Kier molecular flexibility index (Phi) is 4.61. The van der Waals surface area contributed by atoms with Crippen LogP contribution in [0.3, 0.4) is 0 Å². The Morgan fingerprint density at radius 2 is 1.96 bits per heavy atom. The van der Waals surface area contributed by atoms with Gasteiger partial charge in [-0.1, -0.05) is 35.1 Å². The summed E-state index contributed by atoms with van der Waals surface area (Å²) in [5.41, 5.74) is 1.36. The maximum Gasteiger partial charge on any atom is 0.261 e. The molecule has 1 aromatic heterocycles. The van der Waals surface area contributed by atoms with Crippen molar-refractivity contribution in [3.8, 4) is 0 Å². The molecule has 3 aromatic rings. The molecule has 0 radical (unpaired) electrons. The van der Waals surface area contributed by atoms with Crippen molar-refractivity contribution in [3.05, 3.63) is 59.1 Å². The molecule has 1 aliphatic heterocycles. The second kappa shape index (κ2) is 7.05. The molecule has 5 nitrogen and oxygen atoms in total. The van der Waals surface area contributed by atoms with Gasteiger partial charge >= 0.3 is 0 Å². The van der Waals surface area contributed by atoms with Gasteiger partial charge in [-0.3, -0.25) is 14.5 Å². The fraction of sp³-hybridized carbons (Fsp3) is 0.211. The first kappa shape index (κ1) is 17.0. The van der Waals surface area contributed by atoms with Gasteiger partial charge in [0.25, 0.3) is 5.91 Å². The number of aromatic nitrogens is 1. The molecule has 2 heterocycles. The third-order valence-corrected chi connectivity index (χ3v) is 5.64. The minimum Gasteiger partial charge on any atom is -0.324 e. The Morgan fingerprint density at radius 3 is 2.65 bits per heavy atom. The first-order valence-electron chi connectivity index (χ1n) is 8.32. The molecule has 0 atom stereocenters. The molecule has 2 amide bonds. The molecular weight excluding hydrogens is 370 g/mol. The van der Waals surface area contributed by atoms with E-state index in [9.17, 15) is 9.59 Å². The summed E-state index contributed by atoms with van der Waals surface area (Å²) >= 11 is 7.38. The maximum absolute atomic E-state index is 13.1. The lowest BCUT2D eigenvalue weighted by Gasteiger charge is -2.26. The minimum absolute atomic E-state index is 0.0695. The van der Waals surface area contributed by atoms with Crippen molar-refractivity contribution in [2.45, 2.75) is 12.8 Å². The van der Waals surface area contributed by atoms with E-state index >= 15 is 0 Å². The van der Waals surface area contributed by atoms with E-state index in [4.69, 9.17) is 11.6 Å². The van der Waals surface area contributed by atoms with Crippen LogP contribution in [0.25, 0.3) is 10.2 Å². The number of para-hydroxylation sites is 1. The van der Waals surface area contributed by atoms with Gasteiger partial charge < -0.3 is 4.90 Å². The number of anilines is 1. The number of carbonyl (C=O) groups excluding carboxylic acids is 2. The standard InChI is InChI=1S/C19H16ClN3O2S/c20-14-9-7-13(8-10-14)18(25)23(12-22-11-3-6-17(22)24)19-21-15-4-1-2-5-16(15)26-19/h1-2,4-5,7-10H,3,6,11-12H2. The predicted octanol–water partition coefficient (Wildman–Crippen LogP) is 4.18. The second-order valence-electron chi connectivity index (χ2n) is 6.11. The summed E-state index contributed by atoms with van der Waals surface area (Å²) in [4.78, 5) is 33.1. The van der Waals surface area contributed by atoms with E-state index < -0.39 is 0 Å². The van der Waals surface area contributed by atoms with Crippen LogP contribution in [0.1, 0.15) is 23.2 Å². The van der Waals surface area contributed by atoms with Crippen molar-refractivity contribution >= 4 is 50.1 Å². The zero-order chi connectivity index (χ0) is 18.1. The van der Waals surface area contributed by atoms with Gasteiger partial charge in [0, 0.05) is 23.6 Å². The Hall–Kier alpha value is -2.44. The highest BCUT2D eigenvalue weighted by molar-refractivity contribution is 7.22. The summed E-state index contributed by atoms with van der Waals surface area (Å²) in [6.07, 6.45) is 1.35. The van der Waals surface area contributed by atoms with Gasteiger partial charge in [-0.2, -0.15) is 0 Å². The SMILES string of the molecule is O=C1CCCN1CN(C(=O)c1ccc(Cl)cc1)c1nc2ccccc2s1. The lowest BCUT2D eigenvalue weighted by Crippen LogP contribution is -2.42. The number of benzene rings is 2. The molecule has 0 aliphatic carbocycles. The van der Waals surface area contributed by atoms with Crippen LogP contribution in [0.15, 0.2) is 48.5 Å². The Balaban J connectivity index is 1.71. The molecule has 26 heavy (non-hydrogen) atoms. The number of hydrogen-bond acceptors (Lipinski definition) is 4. The normalized spacial score (nSPS) is 14.2. The molecule has 0 bridgehead atoms. The van der Waals surface area contributed by atoms with Crippen molar-refractivity contribution in [1.29, 1.82) is 0 Å². The van der Waals surface area contributed by atoms with E-state index in [0.717, 1.165) is 16.6 Å². The number of amides is 2. The minimum atomic E-state index is -0.194. The topological polar surface area (TPSA) is 53.5 Å². The number of thiazole rings is 1. The van der Waals surface area contributed by atoms with Crippen LogP contribution in [0, 0.1) is 0 Å². The molecule has 2 aromatic carbocycles. The third-order valence-electron chi connectivity index (χ3n) is 4.33. The Morgan fingerprint density at radius 1 is 1.19 bits per heavy atom. The van der Waals surface area contributed by atoms with Gasteiger partial charge in [0.05, 0.1) is 10.2 Å². The maximum atomic E-state index is 13.1. The number of carbonyl (C=O) groups is 2. The van der Waals surface area contributed by atoms with E-state index in [0.29, 0.717) is 28.7 Å². The average molecular weight is 386 g/mol. The largest absolute Gasteiger partial charge is 0.324 e. The van der Waals surface area contributed by atoms with Crippen molar-refractivity contribution in [1.82, 2.24) is 9.88 Å². The summed E-state index contributed by atoms with van der Waals surface area (Å²) in [7, 11) is 0. The quantitative estimate of drug-likeness (QED) is 0.677. The zero-order valence-corrected chi connectivity index (χ0v) is 15.5. The van der Waals surface area contributed by atoms with Gasteiger partial charge in [-0.15, -0.1) is 0 Å².